The third-order valence-electron chi connectivity index (χ3n) is 5.28. The average Bonchev–Trinajstić information content (AvgIpc) is 3.53. The van der Waals surface area contributed by atoms with Gasteiger partial charge in [-0.1, -0.05) is 32.0 Å². The van der Waals surface area contributed by atoms with E-state index < -0.39 is 0 Å². The maximum absolute atomic E-state index is 13.4. The summed E-state index contributed by atoms with van der Waals surface area (Å²) in [7, 11) is 1.57. The molecule has 5 rings (SSSR count). The quantitative estimate of drug-likeness (QED) is 0.416. The molecule has 0 spiro atoms. The number of ether oxygens (including phenoxy) is 1. The van der Waals surface area contributed by atoms with Crippen LogP contribution in [0.5, 0.6) is 0 Å². The number of hydrogen-bond acceptors (Lipinski definition) is 4. The number of nitrogens with one attached hydrogen (secondary N) is 1. The van der Waals surface area contributed by atoms with Gasteiger partial charge in [0.1, 0.15) is 23.8 Å². The van der Waals surface area contributed by atoms with Crippen molar-refractivity contribution in [1.29, 1.82) is 0 Å². The van der Waals surface area contributed by atoms with Crippen LogP contribution in [0.4, 0.5) is 4.39 Å². The molecule has 0 saturated carbocycles. The third kappa shape index (κ3) is 4.37. The van der Waals surface area contributed by atoms with Crippen molar-refractivity contribution in [3.05, 3.63) is 83.7 Å². The summed E-state index contributed by atoms with van der Waals surface area (Å²) in [6.07, 6.45) is 0. The summed E-state index contributed by atoms with van der Waals surface area (Å²) < 4.78 is 25.0. The smallest absolute Gasteiger partial charge is 0.255 e. The zero-order chi connectivity index (χ0) is 23.4. The van der Waals surface area contributed by atoms with E-state index in [2.05, 4.69) is 10.3 Å². The van der Waals surface area contributed by atoms with Crippen LogP contribution < -0.4 is 5.32 Å². The molecule has 1 aliphatic heterocycles. The number of rotatable bonds is 4. The summed E-state index contributed by atoms with van der Waals surface area (Å²) in [6.45, 7) is 5.27. The molecule has 0 atom stereocenters. The fourth-order valence-corrected chi connectivity index (χ4v) is 3.77. The topological polar surface area (TPSA) is 63.8 Å². The van der Waals surface area contributed by atoms with Gasteiger partial charge in [-0.25, -0.2) is 9.38 Å². The van der Waals surface area contributed by atoms with E-state index in [1.165, 1.54) is 12.1 Å². The van der Waals surface area contributed by atoms with Crippen LogP contribution in [0.1, 0.15) is 29.8 Å². The maximum atomic E-state index is 13.4. The van der Waals surface area contributed by atoms with Crippen molar-refractivity contribution in [2.24, 2.45) is 4.99 Å². The first kappa shape index (κ1) is 22.3. The van der Waals surface area contributed by atoms with Crippen molar-refractivity contribution < 1.29 is 18.3 Å². The molecule has 0 fully saturated rings. The molecule has 1 amide bonds. The first-order chi connectivity index (χ1) is 16.1. The molecule has 0 saturated heterocycles. The largest absolute Gasteiger partial charge is 0.476 e. The van der Waals surface area contributed by atoms with Crippen LogP contribution in [0.15, 0.2) is 76.1 Å². The van der Waals surface area contributed by atoms with E-state index in [9.17, 15) is 9.18 Å². The lowest BCUT2D eigenvalue weighted by atomic mass is 9.99. The number of hydrogen-bond donors (Lipinski definition) is 1. The number of carbonyl (C=O) groups is 1. The molecule has 168 valence electrons. The van der Waals surface area contributed by atoms with Crippen LogP contribution >= 0.6 is 0 Å². The molecule has 1 aliphatic rings. The van der Waals surface area contributed by atoms with E-state index in [1.807, 2.05) is 56.3 Å². The highest BCUT2D eigenvalue weighted by atomic mass is 19.1. The van der Waals surface area contributed by atoms with Crippen molar-refractivity contribution in [3.63, 3.8) is 0 Å². The molecule has 6 heteroatoms. The van der Waals surface area contributed by atoms with Gasteiger partial charge in [-0.15, -0.1) is 0 Å². The highest BCUT2D eigenvalue weighted by Crippen LogP contribution is 2.36. The minimum atomic E-state index is -0.348. The molecular weight excluding hydrogens is 419 g/mol. The van der Waals surface area contributed by atoms with Gasteiger partial charge in [0.2, 0.25) is 5.90 Å². The number of fused-ring (bicyclic) bond motifs is 1. The number of halogens is 1. The Kier molecular flexibility index (Phi) is 6.54. The third-order valence-corrected chi connectivity index (χ3v) is 5.28. The Bertz CT molecular complexity index is 1320. The van der Waals surface area contributed by atoms with Crippen LogP contribution in [0.25, 0.3) is 33.4 Å². The molecule has 0 unspecified atom stereocenters. The number of nitrogens with zero attached hydrogens (tertiary/aromatic N) is 1. The zero-order valence-corrected chi connectivity index (χ0v) is 18.8. The second-order valence-corrected chi connectivity index (χ2v) is 7.22. The lowest BCUT2D eigenvalue weighted by Crippen LogP contribution is -2.18. The number of benzene rings is 3. The summed E-state index contributed by atoms with van der Waals surface area (Å²) >= 11 is 0. The number of aliphatic imine (C=N–C) groups is 1. The van der Waals surface area contributed by atoms with E-state index in [0.29, 0.717) is 46.9 Å². The highest BCUT2D eigenvalue weighted by molar-refractivity contribution is 6.11. The predicted molar refractivity (Wildman–Crippen MR) is 129 cm³/mol. The van der Waals surface area contributed by atoms with Gasteiger partial charge in [0.05, 0.1) is 12.1 Å². The lowest BCUT2D eigenvalue weighted by molar-refractivity contribution is 0.0964. The first-order valence-corrected chi connectivity index (χ1v) is 11.0. The molecule has 4 aromatic rings. The van der Waals surface area contributed by atoms with Crippen LogP contribution in [0, 0.1) is 5.82 Å². The fourth-order valence-electron chi connectivity index (χ4n) is 3.77. The molecule has 33 heavy (non-hydrogen) atoms. The Morgan fingerprint density at radius 1 is 0.939 bits per heavy atom. The molecule has 0 aliphatic carbocycles. The molecular formula is C27H25FN2O3. The Morgan fingerprint density at radius 2 is 1.64 bits per heavy atom. The summed E-state index contributed by atoms with van der Waals surface area (Å²) in [6, 6.07) is 19.6. The number of amides is 1. The number of carbonyl (C=O) groups excluding carboxylic acids is 1. The summed E-state index contributed by atoms with van der Waals surface area (Å²) in [5.74, 6) is 0.446. The summed E-state index contributed by atoms with van der Waals surface area (Å²) in [5, 5.41) is 3.37. The zero-order valence-electron chi connectivity index (χ0n) is 18.8. The van der Waals surface area contributed by atoms with Crippen molar-refractivity contribution in [1.82, 2.24) is 5.32 Å². The Hall–Kier alpha value is -3.93. The maximum Gasteiger partial charge on any atom is 0.255 e. The number of furan rings is 1. The molecule has 0 bridgehead atoms. The van der Waals surface area contributed by atoms with Gasteiger partial charge in [0, 0.05) is 23.6 Å². The first-order valence-electron chi connectivity index (χ1n) is 11.0. The predicted octanol–water partition coefficient (Wildman–Crippen LogP) is 6.07. The van der Waals surface area contributed by atoms with Crippen LogP contribution in [0.3, 0.4) is 0 Å². The molecule has 1 aromatic heterocycles. The molecule has 2 heterocycles. The Balaban J connectivity index is 0.00000126. The Morgan fingerprint density at radius 3 is 2.33 bits per heavy atom. The van der Waals surface area contributed by atoms with Crippen molar-refractivity contribution in [2.75, 3.05) is 20.2 Å². The molecule has 1 N–H and O–H groups in total. The van der Waals surface area contributed by atoms with E-state index >= 15 is 0 Å². The van der Waals surface area contributed by atoms with Crippen molar-refractivity contribution in [2.45, 2.75) is 13.8 Å². The molecule has 5 nitrogen and oxygen atoms in total. The van der Waals surface area contributed by atoms with Crippen LogP contribution in [-0.2, 0) is 4.74 Å². The SMILES string of the molecule is CC.CNC(=O)c1c(-c2ccc(F)cc2)oc2ccc(-c3cccc(C4=NCCO4)c3)cc12. The van der Waals surface area contributed by atoms with Crippen molar-refractivity contribution in [3.8, 4) is 22.5 Å². The van der Waals surface area contributed by atoms with E-state index in [0.717, 1.165) is 16.7 Å². The second kappa shape index (κ2) is 9.69. The van der Waals surface area contributed by atoms with Gasteiger partial charge < -0.3 is 14.5 Å². The van der Waals surface area contributed by atoms with E-state index in [1.54, 1.807) is 19.2 Å². The lowest BCUT2D eigenvalue weighted by Gasteiger charge is -2.06. The van der Waals surface area contributed by atoms with Gasteiger partial charge in [0.15, 0.2) is 0 Å². The summed E-state index contributed by atoms with van der Waals surface area (Å²) in [4.78, 5) is 17.1. The van der Waals surface area contributed by atoms with Gasteiger partial charge in [-0.2, -0.15) is 0 Å². The molecule has 0 radical (unpaired) electrons. The standard InChI is InChI=1S/C25H19FN2O3.C2H6/c1-27-24(29)22-20-14-17(16-3-2-4-18(13-16)25-28-11-12-30-25)7-10-21(20)31-23(22)15-5-8-19(26)9-6-15;1-2/h2-10,13-14H,11-12H2,1H3,(H,27,29);1-2H3. The monoisotopic (exact) mass is 444 g/mol. The fraction of sp³-hybridized carbons (Fsp3) is 0.185. The minimum absolute atomic E-state index is 0.266. The Labute approximate surface area is 191 Å². The highest BCUT2D eigenvalue weighted by Gasteiger charge is 2.22. The van der Waals surface area contributed by atoms with E-state index in [-0.39, 0.29) is 11.7 Å². The van der Waals surface area contributed by atoms with E-state index in [4.69, 9.17) is 9.15 Å². The minimum Gasteiger partial charge on any atom is -0.476 e. The summed E-state index contributed by atoms with van der Waals surface area (Å²) in [5.41, 5.74) is 4.47. The van der Waals surface area contributed by atoms with Gasteiger partial charge >= 0.3 is 0 Å². The normalized spacial score (nSPS) is 12.5. The van der Waals surface area contributed by atoms with Gasteiger partial charge in [0.25, 0.3) is 5.91 Å². The average molecular weight is 445 g/mol. The molecule has 3 aromatic carbocycles. The van der Waals surface area contributed by atoms with Crippen LogP contribution in [0.2, 0.25) is 0 Å². The van der Waals surface area contributed by atoms with Gasteiger partial charge in [-0.3, -0.25) is 4.79 Å². The second-order valence-electron chi connectivity index (χ2n) is 7.22. The van der Waals surface area contributed by atoms with Crippen LogP contribution in [-0.4, -0.2) is 32.0 Å². The van der Waals surface area contributed by atoms with Gasteiger partial charge in [-0.05, 0) is 59.7 Å². The van der Waals surface area contributed by atoms with Crippen molar-refractivity contribution >= 4 is 22.8 Å².